The molecule has 1 heterocycles. The normalized spacial score (nSPS) is 31.2. The molecule has 1 saturated carbocycles. The van der Waals surface area contributed by atoms with Crippen molar-refractivity contribution in [2.24, 2.45) is 0 Å². The molecule has 1 aliphatic carbocycles. The highest BCUT2D eigenvalue weighted by atomic mass is 32.2. The van der Waals surface area contributed by atoms with E-state index in [2.05, 4.69) is 11.6 Å². The van der Waals surface area contributed by atoms with Crippen molar-refractivity contribution in [3.8, 4) is 0 Å². The second-order valence-electron chi connectivity index (χ2n) is 4.98. The lowest BCUT2D eigenvalue weighted by atomic mass is 9.95. The van der Waals surface area contributed by atoms with Gasteiger partial charge in [-0.25, -0.2) is 9.59 Å². The van der Waals surface area contributed by atoms with Crippen molar-refractivity contribution in [1.29, 1.82) is 0 Å². The standard InChI is InChI=1S/C12H20N2O3S2/c1-18-9-4-2-8(3-5-9)13-12(17)14-7-19-6-10(14)11(15)16/h8-10H,2-7H2,1H3,(H,13,17)(H,15,16)/t8?,9?,10-/m0/s1. The molecular weight excluding hydrogens is 284 g/mol. The molecule has 108 valence electrons. The van der Waals surface area contributed by atoms with Gasteiger partial charge in [0.05, 0.1) is 5.88 Å². The molecule has 1 aliphatic heterocycles. The topological polar surface area (TPSA) is 69.6 Å². The highest BCUT2D eigenvalue weighted by Gasteiger charge is 2.35. The van der Waals surface area contributed by atoms with E-state index < -0.39 is 12.0 Å². The number of carboxylic acids is 1. The van der Waals surface area contributed by atoms with Gasteiger partial charge in [0.25, 0.3) is 0 Å². The number of carboxylic acid groups (broad SMARTS) is 1. The average Bonchev–Trinajstić information content (AvgIpc) is 2.89. The number of nitrogens with zero attached hydrogens (tertiary/aromatic N) is 1. The van der Waals surface area contributed by atoms with Crippen molar-refractivity contribution in [2.75, 3.05) is 17.9 Å². The molecule has 0 bridgehead atoms. The van der Waals surface area contributed by atoms with Gasteiger partial charge in [-0.05, 0) is 31.9 Å². The summed E-state index contributed by atoms with van der Waals surface area (Å²) >= 11 is 3.39. The van der Waals surface area contributed by atoms with E-state index in [1.54, 1.807) is 0 Å². The molecule has 0 aromatic carbocycles. The lowest BCUT2D eigenvalue weighted by Crippen LogP contribution is -2.50. The summed E-state index contributed by atoms with van der Waals surface area (Å²) in [5.74, 6) is 0.0523. The fourth-order valence-electron chi connectivity index (χ4n) is 2.55. The minimum Gasteiger partial charge on any atom is -0.480 e. The Hall–Kier alpha value is -0.560. The Kier molecular flexibility index (Phi) is 5.27. The largest absolute Gasteiger partial charge is 0.480 e. The van der Waals surface area contributed by atoms with E-state index in [4.69, 9.17) is 5.11 Å². The molecule has 0 aromatic heterocycles. The van der Waals surface area contributed by atoms with Crippen LogP contribution in [0.15, 0.2) is 0 Å². The number of urea groups is 1. The van der Waals surface area contributed by atoms with E-state index in [0.717, 1.165) is 25.7 Å². The van der Waals surface area contributed by atoms with Gasteiger partial charge in [-0.1, -0.05) is 0 Å². The number of nitrogens with one attached hydrogen (secondary N) is 1. The number of aliphatic carboxylic acids is 1. The Balaban J connectivity index is 1.82. The summed E-state index contributed by atoms with van der Waals surface area (Å²) < 4.78 is 0. The fourth-order valence-corrected chi connectivity index (χ4v) is 4.44. The first-order chi connectivity index (χ1) is 9.11. The van der Waals surface area contributed by atoms with Gasteiger partial charge in [0.2, 0.25) is 0 Å². The first-order valence-corrected chi connectivity index (χ1v) is 8.96. The third kappa shape index (κ3) is 3.72. The highest BCUT2D eigenvalue weighted by molar-refractivity contribution is 7.99. The van der Waals surface area contributed by atoms with Gasteiger partial charge in [0.15, 0.2) is 0 Å². The number of carbonyl (C=O) groups excluding carboxylic acids is 1. The molecule has 19 heavy (non-hydrogen) atoms. The molecule has 0 unspecified atom stereocenters. The van der Waals surface area contributed by atoms with Crippen LogP contribution in [0.1, 0.15) is 25.7 Å². The monoisotopic (exact) mass is 304 g/mol. The third-order valence-corrected chi connectivity index (χ3v) is 5.91. The Bertz CT molecular complexity index is 346. The molecule has 5 nitrogen and oxygen atoms in total. The number of hydrogen-bond donors (Lipinski definition) is 2. The highest BCUT2D eigenvalue weighted by Crippen LogP contribution is 2.27. The van der Waals surface area contributed by atoms with Crippen LogP contribution in [-0.4, -0.2) is 57.2 Å². The maximum atomic E-state index is 12.1. The van der Waals surface area contributed by atoms with Crippen LogP contribution in [0, 0.1) is 0 Å². The van der Waals surface area contributed by atoms with Crippen molar-refractivity contribution in [1.82, 2.24) is 10.2 Å². The molecule has 0 radical (unpaired) electrons. The third-order valence-electron chi connectivity index (χ3n) is 3.76. The van der Waals surface area contributed by atoms with Gasteiger partial charge in [-0.15, -0.1) is 11.8 Å². The number of carbonyl (C=O) groups is 2. The van der Waals surface area contributed by atoms with E-state index in [1.807, 2.05) is 11.8 Å². The summed E-state index contributed by atoms with van der Waals surface area (Å²) in [6.07, 6.45) is 6.38. The van der Waals surface area contributed by atoms with Crippen molar-refractivity contribution >= 4 is 35.5 Å². The lowest BCUT2D eigenvalue weighted by molar-refractivity contribution is -0.140. The van der Waals surface area contributed by atoms with Crippen molar-refractivity contribution in [3.63, 3.8) is 0 Å². The summed E-state index contributed by atoms with van der Waals surface area (Å²) in [5, 5.41) is 12.8. The second kappa shape index (κ2) is 6.74. The van der Waals surface area contributed by atoms with Crippen LogP contribution in [0.25, 0.3) is 0 Å². The maximum Gasteiger partial charge on any atom is 0.327 e. The summed E-state index contributed by atoms with van der Waals surface area (Å²) in [6, 6.07) is -0.687. The first kappa shape index (κ1) is 14.8. The smallest absolute Gasteiger partial charge is 0.327 e. The van der Waals surface area contributed by atoms with Crippen molar-refractivity contribution in [2.45, 2.75) is 43.0 Å². The summed E-state index contributed by atoms with van der Waals surface area (Å²) in [4.78, 5) is 24.6. The van der Waals surface area contributed by atoms with Crippen LogP contribution in [0.4, 0.5) is 4.79 Å². The number of hydrogen-bond acceptors (Lipinski definition) is 4. The van der Waals surface area contributed by atoms with E-state index in [1.165, 1.54) is 16.7 Å². The van der Waals surface area contributed by atoms with Gasteiger partial charge >= 0.3 is 12.0 Å². The SMILES string of the molecule is CSC1CCC(NC(=O)N2CSC[C@H]2C(=O)O)CC1. The first-order valence-electron chi connectivity index (χ1n) is 6.52. The predicted octanol–water partition coefficient (Wildman–Crippen LogP) is 1.83. The molecule has 2 N–H and O–H groups in total. The minimum atomic E-state index is -0.911. The minimum absolute atomic E-state index is 0.205. The lowest BCUT2D eigenvalue weighted by Gasteiger charge is -2.30. The molecule has 2 fully saturated rings. The van der Waals surface area contributed by atoms with Crippen LogP contribution in [0.5, 0.6) is 0 Å². The summed E-state index contributed by atoms with van der Waals surface area (Å²) in [7, 11) is 0. The van der Waals surface area contributed by atoms with Crippen molar-refractivity contribution in [3.05, 3.63) is 0 Å². The number of thioether (sulfide) groups is 2. The number of amides is 2. The van der Waals surface area contributed by atoms with E-state index in [9.17, 15) is 9.59 Å². The van der Waals surface area contributed by atoms with Crippen LogP contribution in [-0.2, 0) is 4.79 Å². The average molecular weight is 304 g/mol. The molecular formula is C12H20N2O3S2. The summed E-state index contributed by atoms with van der Waals surface area (Å²) in [6.45, 7) is 0. The second-order valence-corrected chi connectivity index (χ2v) is 7.12. The van der Waals surface area contributed by atoms with Gasteiger partial charge in [-0.3, -0.25) is 0 Å². The quantitative estimate of drug-likeness (QED) is 0.832. The summed E-state index contributed by atoms with van der Waals surface area (Å²) in [5.41, 5.74) is 0. The van der Waals surface area contributed by atoms with Gasteiger partial charge in [-0.2, -0.15) is 11.8 Å². The van der Waals surface area contributed by atoms with Crippen LogP contribution in [0.3, 0.4) is 0 Å². The molecule has 1 atom stereocenters. The molecule has 0 spiro atoms. The van der Waals surface area contributed by atoms with Gasteiger partial charge in [0.1, 0.15) is 6.04 Å². The van der Waals surface area contributed by atoms with Gasteiger partial charge < -0.3 is 15.3 Å². The Morgan fingerprint density at radius 2 is 2.00 bits per heavy atom. The van der Waals surface area contributed by atoms with E-state index in [0.29, 0.717) is 16.9 Å². The zero-order chi connectivity index (χ0) is 13.8. The van der Waals surface area contributed by atoms with E-state index in [-0.39, 0.29) is 12.1 Å². The fraction of sp³-hybridized carbons (Fsp3) is 0.833. The zero-order valence-corrected chi connectivity index (χ0v) is 12.6. The molecule has 2 rings (SSSR count). The van der Waals surface area contributed by atoms with Crippen LogP contribution in [0.2, 0.25) is 0 Å². The van der Waals surface area contributed by atoms with Crippen LogP contribution >= 0.6 is 23.5 Å². The Morgan fingerprint density at radius 3 is 2.58 bits per heavy atom. The number of rotatable bonds is 3. The predicted molar refractivity (Wildman–Crippen MR) is 78.7 cm³/mol. The van der Waals surface area contributed by atoms with E-state index >= 15 is 0 Å². The zero-order valence-electron chi connectivity index (χ0n) is 11.0. The molecule has 2 amide bonds. The molecule has 0 aromatic rings. The van der Waals surface area contributed by atoms with Crippen molar-refractivity contribution < 1.29 is 14.7 Å². The van der Waals surface area contributed by atoms with Crippen LogP contribution < -0.4 is 5.32 Å². The molecule has 1 saturated heterocycles. The Morgan fingerprint density at radius 1 is 1.32 bits per heavy atom. The maximum absolute atomic E-state index is 12.1. The van der Waals surface area contributed by atoms with Gasteiger partial charge in [0, 0.05) is 17.0 Å². The Labute approximate surface area is 121 Å². The molecule has 7 heteroatoms. The molecule has 2 aliphatic rings.